The predicted octanol–water partition coefficient (Wildman–Crippen LogP) is 5.30. The van der Waals surface area contributed by atoms with Gasteiger partial charge in [0.1, 0.15) is 5.75 Å². The summed E-state index contributed by atoms with van der Waals surface area (Å²) in [7, 11) is -2.65. The van der Waals surface area contributed by atoms with Crippen molar-refractivity contribution in [3.8, 4) is 16.9 Å². The number of rotatable bonds is 7. The monoisotopic (exact) mass is 466 g/mol. The van der Waals surface area contributed by atoms with Gasteiger partial charge < -0.3 is 9.84 Å². The van der Waals surface area contributed by atoms with Crippen LogP contribution < -0.4 is 9.46 Å². The molecule has 0 saturated heterocycles. The number of nitrogens with one attached hydrogen (secondary N) is 1. The molecule has 0 bridgehead atoms. The number of hydrogen-bond donors (Lipinski definition) is 2. The van der Waals surface area contributed by atoms with E-state index in [9.17, 15) is 13.2 Å². The van der Waals surface area contributed by atoms with Gasteiger partial charge in [0.25, 0.3) is 10.0 Å². The first-order chi connectivity index (χ1) is 15.9. The van der Waals surface area contributed by atoms with Crippen molar-refractivity contribution in [3.63, 3.8) is 0 Å². The van der Waals surface area contributed by atoms with Gasteiger partial charge in [-0.3, -0.25) is 4.72 Å². The Morgan fingerprint density at radius 3 is 2.30 bits per heavy atom. The Morgan fingerprint density at radius 2 is 1.70 bits per heavy atom. The maximum Gasteiger partial charge on any atom is 0.335 e. The number of nitrogens with zero attached hydrogens (tertiary/aromatic N) is 1. The molecule has 1 aliphatic rings. The summed E-state index contributed by atoms with van der Waals surface area (Å²) in [6, 6.07) is 15.5. The average molecular weight is 467 g/mol. The van der Waals surface area contributed by atoms with Crippen LogP contribution in [0.25, 0.3) is 11.1 Å². The molecule has 0 radical (unpaired) electrons. The molecule has 1 saturated carbocycles. The summed E-state index contributed by atoms with van der Waals surface area (Å²) < 4.78 is 33.2. The highest BCUT2D eigenvalue weighted by Gasteiger charge is 2.20. The average Bonchev–Trinajstić information content (AvgIpc) is 2.84. The molecule has 1 fully saturated rings. The fraction of sp³-hybridized carbons (Fsp3) is 0.280. The number of hydrogen-bond acceptors (Lipinski definition) is 5. The van der Waals surface area contributed by atoms with Crippen LogP contribution in [0, 0.1) is 0 Å². The Labute approximate surface area is 193 Å². The highest BCUT2D eigenvalue weighted by atomic mass is 32.2. The zero-order valence-electron chi connectivity index (χ0n) is 18.3. The molecule has 2 N–H and O–H groups in total. The summed E-state index contributed by atoms with van der Waals surface area (Å²) in [5.74, 6) is -0.397. The van der Waals surface area contributed by atoms with Crippen LogP contribution in [0.1, 0.15) is 53.9 Å². The first-order valence-corrected chi connectivity index (χ1v) is 12.4. The molecule has 0 spiro atoms. The van der Waals surface area contributed by atoms with Gasteiger partial charge in [-0.25, -0.2) is 9.78 Å². The first kappa shape index (κ1) is 22.8. The summed E-state index contributed by atoms with van der Waals surface area (Å²) in [6.45, 7) is 0. The standard InChI is InChI=1S/C25H26N2O5S/c1-32-23-15-20(25(28)29)11-13-22(23)27-33(30,31)24-14-12-21(16-26-24)19-9-7-18(8-10-19)17-5-3-2-4-6-17/h7-17,27H,2-6H2,1H3,(H,28,29). The number of anilines is 1. The minimum Gasteiger partial charge on any atom is -0.495 e. The van der Waals surface area contributed by atoms with Gasteiger partial charge >= 0.3 is 5.97 Å². The summed E-state index contributed by atoms with van der Waals surface area (Å²) in [5, 5.41) is 8.96. The molecule has 0 aliphatic heterocycles. The van der Waals surface area contributed by atoms with Gasteiger partial charge in [0.15, 0.2) is 5.03 Å². The Bertz CT molecular complexity index is 1230. The van der Waals surface area contributed by atoms with Crippen LogP contribution in [0.5, 0.6) is 5.75 Å². The lowest BCUT2D eigenvalue weighted by molar-refractivity contribution is 0.0696. The lowest BCUT2D eigenvalue weighted by Gasteiger charge is -2.22. The molecule has 33 heavy (non-hydrogen) atoms. The minimum absolute atomic E-state index is 0.00761. The Kier molecular flexibility index (Phi) is 6.65. The van der Waals surface area contributed by atoms with E-state index < -0.39 is 16.0 Å². The third kappa shape index (κ3) is 5.17. The van der Waals surface area contributed by atoms with Crippen molar-refractivity contribution in [2.24, 2.45) is 0 Å². The van der Waals surface area contributed by atoms with Crippen molar-refractivity contribution in [2.45, 2.75) is 43.0 Å². The fourth-order valence-electron chi connectivity index (χ4n) is 4.20. The number of carbonyl (C=O) groups is 1. The van der Waals surface area contributed by atoms with Crippen LogP contribution in [-0.2, 0) is 10.0 Å². The summed E-state index contributed by atoms with van der Waals surface area (Å²) in [6.07, 6.45) is 7.92. The molecular weight excluding hydrogens is 440 g/mol. The topological polar surface area (TPSA) is 106 Å². The second-order valence-corrected chi connectivity index (χ2v) is 9.80. The third-order valence-electron chi connectivity index (χ3n) is 6.03. The second kappa shape index (κ2) is 9.62. The zero-order valence-corrected chi connectivity index (χ0v) is 19.1. The number of ether oxygens (including phenoxy) is 1. The van der Waals surface area contributed by atoms with E-state index in [-0.39, 0.29) is 22.0 Å². The largest absolute Gasteiger partial charge is 0.495 e. The number of benzene rings is 2. The maximum atomic E-state index is 12.8. The molecule has 0 unspecified atom stereocenters. The van der Waals surface area contributed by atoms with Crippen molar-refractivity contribution in [1.29, 1.82) is 0 Å². The van der Waals surface area contributed by atoms with Crippen molar-refractivity contribution in [1.82, 2.24) is 4.98 Å². The third-order valence-corrected chi connectivity index (χ3v) is 7.31. The normalized spacial score (nSPS) is 14.6. The van der Waals surface area contributed by atoms with Crippen LogP contribution in [0.2, 0.25) is 0 Å². The number of carboxylic acid groups (broad SMARTS) is 1. The van der Waals surface area contributed by atoms with Gasteiger partial charge in [0, 0.05) is 11.8 Å². The molecule has 0 atom stereocenters. The molecule has 4 rings (SSSR count). The number of aromatic nitrogens is 1. The quantitative estimate of drug-likeness (QED) is 0.489. The smallest absolute Gasteiger partial charge is 0.335 e. The fourth-order valence-corrected chi connectivity index (χ4v) is 5.20. The van der Waals surface area contributed by atoms with E-state index in [0.29, 0.717) is 5.92 Å². The summed E-state index contributed by atoms with van der Waals surface area (Å²) >= 11 is 0. The van der Waals surface area contributed by atoms with E-state index in [0.717, 1.165) is 11.1 Å². The number of pyridine rings is 1. The van der Waals surface area contributed by atoms with E-state index in [2.05, 4.69) is 34.0 Å². The lowest BCUT2D eigenvalue weighted by atomic mass is 9.84. The van der Waals surface area contributed by atoms with E-state index in [1.165, 1.54) is 75.2 Å². The molecule has 3 aromatic rings. The molecule has 1 heterocycles. The number of carboxylic acids is 1. The van der Waals surface area contributed by atoms with Gasteiger partial charge in [-0.1, -0.05) is 43.5 Å². The van der Waals surface area contributed by atoms with Gasteiger partial charge in [-0.15, -0.1) is 0 Å². The van der Waals surface area contributed by atoms with Crippen LogP contribution in [0.3, 0.4) is 0 Å². The molecular formula is C25H26N2O5S. The van der Waals surface area contributed by atoms with Crippen molar-refractivity contribution >= 4 is 21.7 Å². The lowest BCUT2D eigenvalue weighted by Crippen LogP contribution is -2.15. The van der Waals surface area contributed by atoms with E-state index in [4.69, 9.17) is 9.84 Å². The van der Waals surface area contributed by atoms with Crippen molar-refractivity contribution < 1.29 is 23.1 Å². The van der Waals surface area contributed by atoms with Gasteiger partial charge in [0.05, 0.1) is 18.4 Å². The number of sulfonamides is 1. The van der Waals surface area contributed by atoms with Gasteiger partial charge in [0.2, 0.25) is 0 Å². The Morgan fingerprint density at radius 1 is 1.00 bits per heavy atom. The zero-order chi connectivity index (χ0) is 23.4. The number of methoxy groups -OCH3 is 1. The van der Waals surface area contributed by atoms with Gasteiger partial charge in [-0.2, -0.15) is 8.42 Å². The van der Waals surface area contributed by atoms with Crippen LogP contribution >= 0.6 is 0 Å². The molecule has 172 valence electrons. The Hall–Kier alpha value is -3.39. The maximum absolute atomic E-state index is 12.8. The molecule has 1 aromatic heterocycles. The second-order valence-electron chi connectivity index (χ2n) is 8.17. The van der Waals surface area contributed by atoms with Crippen LogP contribution in [0.15, 0.2) is 65.8 Å². The first-order valence-electron chi connectivity index (χ1n) is 10.9. The molecule has 7 nitrogen and oxygen atoms in total. The molecule has 0 amide bonds. The van der Waals surface area contributed by atoms with E-state index in [1.807, 2.05) is 0 Å². The van der Waals surface area contributed by atoms with Crippen LogP contribution in [0.4, 0.5) is 5.69 Å². The Balaban J connectivity index is 1.51. The van der Waals surface area contributed by atoms with E-state index >= 15 is 0 Å². The van der Waals surface area contributed by atoms with Crippen molar-refractivity contribution in [2.75, 3.05) is 11.8 Å². The van der Waals surface area contributed by atoms with Gasteiger partial charge in [-0.05, 0) is 60.2 Å². The summed E-state index contributed by atoms with van der Waals surface area (Å²) in [5.41, 5.74) is 3.29. The van der Waals surface area contributed by atoms with E-state index in [1.54, 1.807) is 6.07 Å². The molecule has 1 aliphatic carbocycles. The molecule has 8 heteroatoms. The molecule has 2 aromatic carbocycles. The van der Waals surface area contributed by atoms with Crippen LogP contribution in [-0.4, -0.2) is 31.6 Å². The highest BCUT2D eigenvalue weighted by Crippen LogP contribution is 2.34. The predicted molar refractivity (Wildman–Crippen MR) is 126 cm³/mol. The summed E-state index contributed by atoms with van der Waals surface area (Å²) in [4.78, 5) is 15.3. The SMILES string of the molecule is COc1cc(C(=O)O)ccc1NS(=O)(=O)c1ccc(-c2ccc(C3CCCCC3)cc2)cn1. The highest BCUT2D eigenvalue weighted by molar-refractivity contribution is 7.92. The minimum atomic E-state index is -3.99. The van der Waals surface area contributed by atoms with Crippen molar-refractivity contribution in [3.05, 3.63) is 71.9 Å². The number of aromatic carboxylic acids is 1.